The second-order valence-corrected chi connectivity index (χ2v) is 5.65. The van der Waals surface area contributed by atoms with E-state index in [1.807, 2.05) is 31.2 Å². The van der Waals surface area contributed by atoms with Gasteiger partial charge in [-0.05, 0) is 37.0 Å². The topological polar surface area (TPSA) is 63.2 Å². The molecule has 5 heteroatoms. The van der Waals surface area contributed by atoms with E-state index in [9.17, 15) is 4.79 Å². The Morgan fingerprint density at radius 2 is 2.12 bits per heavy atom. The van der Waals surface area contributed by atoms with Gasteiger partial charge in [0.2, 0.25) is 0 Å². The van der Waals surface area contributed by atoms with Crippen LogP contribution < -0.4 is 10.6 Å². The summed E-state index contributed by atoms with van der Waals surface area (Å²) in [6.07, 6.45) is 5.07. The van der Waals surface area contributed by atoms with Gasteiger partial charge < -0.3 is 15.4 Å². The van der Waals surface area contributed by atoms with Crippen molar-refractivity contribution in [1.29, 1.82) is 0 Å². The monoisotopic (exact) mass is 327 g/mol. The number of ether oxygens (including phenoxy) is 1. The molecule has 1 amide bonds. The number of carbonyl (C=O) groups excluding carboxylic acids is 1. The molecule has 0 bridgehead atoms. The first-order valence-corrected chi connectivity index (χ1v) is 8.23. The van der Waals surface area contributed by atoms with Gasteiger partial charge in [-0.2, -0.15) is 0 Å². The molecule has 0 fully saturated rings. The van der Waals surface area contributed by atoms with E-state index in [2.05, 4.69) is 22.5 Å². The molecule has 0 aliphatic rings. The van der Waals surface area contributed by atoms with Gasteiger partial charge in [-0.15, -0.1) is 0 Å². The van der Waals surface area contributed by atoms with Gasteiger partial charge in [0.15, 0.2) is 0 Å². The molecule has 1 heterocycles. The van der Waals surface area contributed by atoms with Crippen LogP contribution in [0.15, 0.2) is 36.7 Å². The molecule has 1 aromatic heterocycles. The summed E-state index contributed by atoms with van der Waals surface area (Å²) >= 11 is 0. The van der Waals surface area contributed by atoms with Crippen LogP contribution in [0.3, 0.4) is 0 Å². The molecule has 0 aliphatic carbocycles. The molecule has 0 unspecified atom stereocenters. The van der Waals surface area contributed by atoms with Gasteiger partial charge in [-0.1, -0.05) is 25.1 Å². The van der Waals surface area contributed by atoms with Crippen molar-refractivity contribution < 1.29 is 9.53 Å². The predicted octanol–water partition coefficient (Wildman–Crippen LogP) is 3.65. The molecule has 24 heavy (non-hydrogen) atoms. The van der Waals surface area contributed by atoms with Gasteiger partial charge in [-0.25, -0.2) is 0 Å². The molecule has 0 atom stereocenters. The number of pyridine rings is 1. The summed E-state index contributed by atoms with van der Waals surface area (Å²) in [6, 6.07) is 7.87. The average molecular weight is 327 g/mol. The van der Waals surface area contributed by atoms with Gasteiger partial charge >= 0.3 is 0 Å². The summed E-state index contributed by atoms with van der Waals surface area (Å²) in [6.45, 7) is 5.56. The number of rotatable bonds is 8. The van der Waals surface area contributed by atoms with Crippen molar-refractivity contribution in [2.45, 2.75) is 26.7 Å². The van der Waals surface area contributed by atoms with Crippen LogP contribution in [0, 0.1) is 6.92 Å². The predicted molar refractivity (Wildman–Crippen MR) is 97.7 cm³/mol. The molecule has 0 radical (unpaired) electrons. The van der Waals surface area contributed by atoms with Gasteiger partial charge in [0.05, 0.1) is 11.3 Å². The van der Waals surface area contributed by atoms with Crippen molar-refractivity contribution in [3.05, 3.63) is 53.3 Å². The average Bonchev–Trinajstić information content (AvgIpc) is 2.60. The van der Waals surface area contributed by atoms with E-state index in [0.717, 1.165) is 41.9 Å². The second kappa shape index (κ2) is 9.03. The zero-order chi connectivity index (χ0) is 17.4. The third-order valence-corrected chi connectivity index (χ3v) is 3.83. The van der Waals surface area contributed by atoms with Crippen molar-refractivity contribution in [2.75, 3.05) is 30.9 Å². The third kappa shape index (κ3) is 4.80. The summed E-state index contributed by atoms with van der Waals surface area (Å²) in [5.41, 5.74) is 4.45. The molecular weight excluding hydrogens is 302 g/mol. The lowest BCUT2D eigenvalue weighted by Gasteiger charge is -2.13. The van der Waals surface area contributed by atoms with Crippen molar-refractivity contribution in [3.8, 4) is 0 Å². The van der Waals surface area contributed by atoms with E-state index < -0.39 is 0 Å². The highest BCUT2D eigenvalue weighted by Gasteiger charge is 2.11. The van der Waals surface area contributed by atoms with E-state index in [1.54, 1.807) is 19.5 Å². The van der Waals surface area contributed by atoms with Crippen molar-refractivity contribution in [1.82, 2.24) is 4.98 Å². The molecule has 1 aromatic carbocycles. The van der Waals surface area contributed by atoms with Crippen LogP contribution in [-0.4, -0.2) is 31.2 Å². The molecule has 128 valence electrons. The number of para-hydroxylation sites is 1. The molecule has 2 aromatic rings. The Morgan fingerprint density at radius 3 is 2.88 bits per heavy atom. The zero-order valence-corrected chi connectivity index (χ0v) is 14.6. The highest BCUT2D eigenvalue weighted by atomic mass is 16.5. The number of benzene rings is 1. The Morgan fingerprint density at radius 1 is 1.29 bits per heavy atom. The summed E-state index contributed by atoms with van der Waals surface area (Å²) in [7, 11) is 1.68. The lowest BCUT2D eigenvalue weighted by atomic mass is 10.1. The minimum atomic E-state index is -0.146. The Balaban J connectivity index is 2.08. The fourth-order valence-corrected chi connectivity index (χ4v) is 2.50. The number of anilines is 2. The minimum Gasteiger partial charge on any atom is -0.385 e. The number of hydrogen-bond donors (Lipinski definition) is 2. The number of methoxy groups -OCH3 is 1. The van der Waals surface area contributed by atoms with Gasteiger partial charge in [0.1, 0.15) is 0 Å². The smallest absolute Gasteiger partial charge is 0.257 e. The summed E-state index contributed by atoms with van der Waals surface area (Å²) in [4.78, 5) is 16.7. The number of aromatic nitrogens is 1. The van der Waals surface area contributed by atoms with Gasteiger partial charge in [0, 0.05) is 38.3 Å². The van der Waals surface area contributed by atoms with Crippen LogP contribution in [-0.2, 0) is 11.2 Å². The number of carbonyl (C=O) groups is 1. The van der Waals surface area contributed by atoms with Crippen molar-refractivity contribution in [2.24, 2.45) is 0 Å². The van der Waals surface area contributed by atoms with Crippen LogP contribution in [0.1, 0.15) is 34.8 Å². The Hall–Kier alpha value is -2.40. The maximum atomic E-state index is 12.6. The number of nitrogens with one attached hydrogen (secondary N) is 2. The van der Waals surface area contributed by atoms with Crippen LogP contribution in [0.4, 0.5) is 11.4 Å². The van der Waals surface area contributed by atoms with E-state index in [-0.39, 0.29) is 5.91 Å². The summed E-state index contributed by atoms with van der Waals surface area (Å²) in [5, 5.41) is 6.27. The van der Waals surface area contributed by atoms with Crippen LogP contribution >= 0.6 is 0 Å². The molecular formula is C19H25N3O2. The number of hydrogen-bond acceptors (Lipinski definition) is 4. The fourth-order valence-electron chi connectivity index (χ4n) is 2.50. The van der Waals surface area contributed by atoms with Crippen LogP contribution in [0.25, 0.3) is 0 Å². The van der Waals surface area contributed by atoms with Crippen molar-refractivity contribution in [3.63, 3.8) is 0 Å². The van der Waals surface area contributed by atoms with Gasteiger partial charge in [0.25, 0.3) is 5.91 Å². The first kappa shape index (κ1) is 17.9. The van der Waals surface area contributed by atoms with Crippen LogP contribution in [0.2, 0.25) is 0 Å². The summed E-state index contributed by atoms with van der Waals surface area (Å²) in [5.74, 6) is -0.146. The maximum absolute atomic E-state index is 12.6. The highest BCUT2D eigenvalue weighted by Crippen LogP contribution is 2.22. The lowest BCUT2D eigenvalue weighted by Crippen LogP contribution is -2.15. The molecule has 5 nitrogen and oxygen atoms in total. The quantitative estimate of drug-likeness (QED) is 0.726. The summed E-state index contributed by atoms with van der Waals surface area (Å²) < 4.78 is 5.02. The van der Waals surface area contributed by atoms with Crippen molar-refractivity contribution >= 4 is 17.3 Å². The fraction of sp³-hybridized carbons (Fsp3) is 0.368. The van der Waals surface area contributed by atoms with E-state index in [4.69, 9.17) is 4.74 Å². The lowest BCUT2D eigenvalue weighted by molar-refractivity contribution is 0.102. The number of amides is 1. The van der Waals surface area contributed by atoms with Gasteiger partial charge in [-0.3, -0.25) is 9.78 Å². The first-order valence-electron chi connectivity index (χ1n) is 8.23. The van der Waals surface area contributed by atoms with E-state index in [0.29, 0.717) is 12.2 Å². The van der Waals surface area contributed by atoms with Crippen LogP contribution in [0.5, 0.6) is 0 Å². The number of aryl methyl sites for hydroxylation is 2. The Labute approximate surface area is 143 Å². The standard InChI is InChI=1S/C19H25N3O2/c1-4-15-8-5-7-14(2)18(15)22-19(23)16-11-17(13-20-12-16)21-9-6-10-24-3/h5,7-8,11-13,21H,4,6,9-10H2,1-3H3,(H,22,23). The number of nitrogens with zero attached hydrogens (tertiary/aromatic N) is 1. The Kier molecular flexibility index (Phi) is 6.75. The molecule has 2 N–H and O–H groups in total. The normalized spacial score (nSPS) is 10.5. The molecule has 2 rings (SSSR count). The third-order valence-electron chi connectivity index (χ3n) is 3.83. The molecule has 0 saturated carbocycles. The van der Waals surface area contributed by atoms with E-state index in [1.165, 1.54) is 0 Å². The zero-order valence-electron chi connectivity index (χ0n) is 14.6. The highest BCUT2D eigenvalue weighted by molar-refractivity contribution is 6.05. The largest absolute Gasteiger partial charge is 0.385 e. The second-order valence-electron chi connectivity index (χ2n) is 5.65. The molecule has 0 aliphatic heterocycles. The Bertz CT molecular complexity index is 686. The first-order chi connectivity index (χ1) is 11.7. The SMILES string of the molecule is CCc1cccc(C)c1NC(=O)c1cncc(NCCCOC)c1. The van der Waals surface area contributed by atoms with E-state index >= 15 is 0 Å². The minimum absolute atomic E-state index is 0.146. The maximum Gasteiger partial charge on any atom is 0.257 e. The molecule has 0 spiro atoms. The molecule has 0 saturated heterocycles.